The van der Waals surface area contributed by atoms with Crippen molar-refractivity contribution in [2.45, 2.75) is 38.8 Å². The molecule has 1 aliphatic heterocycles. The number of likely N-dealkylation sites (tertiary alicyclic amines) is 1. The molecule has 3 rings (SSSR count). The lowest BCUT2D eigenvalue weighted by atomic mass is 10.1. The van der Waals surface area contributed by atoms with Crippen molar-refractivity contribution in [3.8, 4) is 5.75 Å². The zero-order valence-electron chi connectivity index (χ0n) is 18.5. The number of aliphatic imine (C=N–C) groups is 1. The number of guanidine groups is 1. The first-order chi connectivity index (χ1) is 15.1. The molecule has 7 nitrogen and oxygen atoms in total. The van der Waals surface area contributed by atoms with Gasteiger partial charge in [0.2, 0.25) is 0 Å². The number of halogens is 1. The fourth-order valence-electron chi connectivity index (χ4n) is 3.47. The molecule has 1 fully saturated rings. The summed E-state index contributed by atoms with van der Waals surface area (Å²) in [6.07, 6.45) is 2.24. The van der Waals surface area contributed by atoms with E-state index in [4.69, 9.17) is 15.2 Å². The minimum Gasteiger partial charge on any atom is -0.489 e. The number of carbonyl (C=O) groups is 1. The van der Waals surface area contributed by atoms with E-state index in [1.807, 2.05) is 37.3 Å². The molecule has 0 radical (unpaired) electrons. The summed E-state index contributed by atoms with van der Waals surface area (Å²) in [5, 5.41) is 3.27. The number of rotatable bonds is 8. The van der Waals surface area contributed by atoms with Crippen molar-refractivity contribution >= 4 is 36.0 Å². The van der Waals surface area contributed by atoms with E-state index in [-0.39, 0.29) is 36.1 Å². The zero-order chi connectivity index (χ0) is 21.9. The molecule has 1 amide bonds. The Balaban J connectivity index is 0.00000363. The molecule has 8 heteroatoms. The fourth-order valence-corrected chi connectivity index (χ4v) is 3.47. The summed E-state index contributed by atoms with van der Waals surface area (Å²) in [7, 11) is 0. The largest absolute Gasteiger partial charge is 0.489 e. The van der Waals surface area contributed by atoms with E-state index in [9.17, 15) is 4.79 Å². The Kier molecular flexibility index (Phi) is 11.1. The van der Waals surface area contributed by atoms with Crippen molar-refractivity contribution in [3.63, 3.8) is 0 Å². The molecular weight excluding hydrogens is 519 g/mol. The molecule has 0 aromatic heterocycles. The van der Waals surface area contributed by atoms with Crippen molar-refractivity contribution in [3.05, 3.63) is 65.7 Å². The molecule has 2 aromatic carbocycles. The minimum atomic E-state index is -0.237. The Hall–Kier alpha value is -2.49. The molecule has 0 unspecified atom stereocenters. The van der Waals surface area contributed by atoms with Gasteiger partial charge in [-0.1, -0.05) is 42.5 Å². The number of hydrogen-bond donors (Lipinski definition) is 2. The van der Waals surface area contributed by atoms with Gasteiger partial charge in [0.15, 0.2) is 5.96 Å². The summed E-state index contributed by atoms with van der Waals surface area (Å²) in [5.41, 5.74) is 8.38. The molecule has 1 heterocycles. The van der Waals surface area contributed by atoms with E-state index in [0.29, 0.717) is 38.8 Å². The summed E-state index contributed by atoms with van der Waals surface area (Å²) >= 11 is 0. The Morgan fingerprint density at radius 3 is 2.44 bits per heavy atom. The third kappa shape index (κ3) is 8.57. The number of hydrogen-bond acceptors (Lipinski definition) is 4. The van der Waals surface area contributed by atoms with E-state index >= 15 is 0 Å². The van der Waals surface area contributed by atoms with Crippen LogP contribution in [0.15, 0.2) is 59.6 Å². The van der Waals surface area contributed by atoms with Crippen LogP contribution in [0.4, 0.5) is 4.79 Å². The van der Waals surface area contributed by atoms with Gasteiger partial charge < -0.3 is 25.4 Å². The van der Waals surface area contributed by atoms with Gasteiger partial charge in [-0.15, -0.1) is 24.0 Å². The third-order valence-electron chi connectivity index (χ3n) is 5.23. The van der Waals surface area contributed by atoms with Crippen molar-refractivity contribution in [1.82, 2.24) is 10.2 Å². The number of nitrogens with zero attached hydrogens (tertiary/aromatic N) is 2. The van der Waals surface area contributed by atoms with Gasteiger partial charge in [0.05, 0.1) is 6.61 Å². The lowest BCUT2D eigenvalue weighted by Gasteiger charge is -2.31. The van der Waals surface area contributed by atoms with Gasteiger partial charge in [0, 0.05) is 25.7 Å². The highest BCUT2D eigenvalue weighted by Crippen LogP contribution is 2.15. The maximum Gasteiger partial charge on any atom is 0.409 e. The SMILES string of the molecule is CCOC(=O)N1CCC(NC(N)=NCCc2ccc(OCc3ccccc3)cc2)CC1.I. The highest BCUT2D eigenvalue weighted by atomic mass is 127. The molecule has 0 aliphatic carbocycles. The van der Waals surface area contributed by atoms with Crippen molar-refractivity contribution < 1.29 is 14.3 Å². The molecule has 3 N–H and O–H groups in total. The number of ether oxygens (including phenoxy) is 2. The summed E-state index contributed by atoms with van der Waals surface area (Å²) in [5.74, 6) is 1.31. The van der Waals surface area contributed by atoms with Crippen LogP contribution in [0.5, 0.6) is 5.75 Å². The molecule has 0 spiro atoms. The number of amides is 1. The van der Waals surface area contributed by atoms with Crippen LogP contribution < -0.4 is 15.8 Å². The number of nitrogens with two attached hydrogens (primary N) is 1. The normalized spacial score (nSPS) is 14.4. The predicted molar refractivity (Wildman–Crippen MR) is 138 cm³/mol. The van der Waals surface area contributed by atoms with Gasteiger partial charge in [-0.05, 0) is 49.4 Å². The summed E-state index contributed by atoms with van der Waals surface area (Å²) in [4.78, 5) is 17.9. The Morgan fingerprint density at radius 1 is 1.09 bits per heavy atom. The predicted octanol–water partition coefficient (Wildman–Crippen LogP) is 3.95. The molecule has 2 aromatic rings. The van der Waals surface area contributed by atoms with Gasteiger partial charge >= 0.3 is 6.09 Å². The van der Waals surface area contributed by atoms with Crippen molar-refractivity contribution in [1.29, 1.82) is 0 Å². The summed E-state index contributed by atoms with van der Waals surface area (Å²) in [6, 6.07) is 18.4. The van der Waals surface area contributed by atoms with Crippen LogP contribution in [0.2, 0.25) is 0 Å². The first-order valence-electron chi connectivity index (χ1n) is 10.9. The average Bonchev–Trinajstić information content (AvgIpc) is 2.80. The van der Waals surface area contributed by atoms with Gasteiger partial charge in [-0.25, -0.2) is 4.79 Å². The highest BCUT2D eigenvalue weighted by molar-refractivity contribution is 14.0. The monoisotopic (exact) mass is 552 g/mol. The third-order valence-corrected chi connectivity index (χ3v) is 5.23. The summed E-state index contributed by atoms with van der Waals surface area (Å²) in [6.45, 7) is 4.73. The molecule has 174 valence electrons. The quantitative estimate of drug-likeness (QED) is 0.294. The number of nitrogens with one attached hydrogen (secondary N) is 1. The summed E-state index contributed by atoms with van der Waals surface area (Å²) < 4.78 is 10.9. The van der Waals surface area contributed by atoms with Crippen LogP contribution in [-0.4, -0.2) is 49.2 Å². The van der Waals surface area contributed by atoms with Gasteiger partial charge in [-0.2, -0.15) is 0 Å². The zero-order valence-corrected chi connectivity index (χ0v) is 20.9. The van der Waals surface area contributed by atoms with Gasteiger partial charge in [0.25, 0.3) is 0 Å². The van der Waals surface area contributed by atoms with Crippen LogP contribution in [0.25, 0.3) is 0 Å². The number of piperidine rings is 1. The second-order valence-electron chi connectivity index (χ2n) is 7.54. The second kappa shape index (κ2) is 13.8. The lowest BCUT2D eigenvalue weighted by molar-refractivity contribution is 0.0963. The second-order valence-corrected chi connectivity index (χ2v) is 7.54. The lowest BCUT2D eigenvalue weighted by Crippen LogP contribution is -2.48. The van der Waals surface area contributed by atoms with E-state index in [2.05, 4.69) is 34.6 Å². The average molecular weight is 552 g/mol. The maximum atomic E-state index is 11.8. The van der Waals surface area contributed by atoms with Crippen LogP contribution in [0, 0.1) is 0 Å². The smallest absolute Gasteiger partial charge is 0.409 e. The van der Waals surface area contributed by atoms with Crippen molar-refractivity contribution in [2.24, 2.45) is 10.7 Å². The van der Waals surface area contributed by atoms with Gasteiger partial charge in [-0.3, -0.25) is 4.99 Å². The molecule has 1 aliphatic rings. The fraction of sp³-hybridized carbons (Fsp3) is 0.417. The van der Waals surface area contributed by atoms with Gasteiger partial charge in [0.1, 0.15) is 12.4 Å². The maximum absolute atomic E-state index is 11.8. The molecule has 32 heavy (non-hydrogen) atoms. The van der Waals surface area contributed by atoms with Crippen molar-refractivity contribution in [2.75, 3.05) is 26.2 Å². The topological polar surface area (TPSA) is 89.2 Å². The first-order valence-corrected chi connectivity index (χ1v) is 10.9. The van der Waals surface area contributed by atoms with E-state index in [1.54, 1.807) is 4.90 Å². The molecule has 0 saturated carbocycles. The number of benzene rings is 2. The first kappa shape index (κ1) is 25.8. The molecular formula is C24H33IN4O3. The number of carbonyl (C=O) groups excluding carboxylic acids is 1. The highest BCUT2D eigenvalue weighted by Gasteiger charge is 2.23. The van der Waals surface area contributed by atoms with Crippen LogP contribution >= 0.6 is 24.0 Å². The Bertz CT molecular complexity index is 838. The minimum absolute atomic E-state index is 0. The molecule has 1 saturated heterocycles. The van der Waals surface area contributed by atoms with Crippen LogP contribution in [-0.2, 0) is 17.8 Å². The van der Waals surface area contributed by atoms with E-state index in [0.717, 1.165) is 30.6 Å². The Labute approximate surface area is 207 Å². The van der Waals surface area contributed by atoms with E-state index < -0.39 is 0 Å². The molecule has 0 bridgehead atoms. The Morgan fingerprint density at radius 2 is 1.78 bits per heavy atom. The molecule has 0 atom stereocenters. The van der Waals surface area contributed by atoms with Crippen LogP contribution in [0.3, 0.4) is 0 Å². The standard InChI is InChI=1S/C24H32N4O3.HI/c1-2-30-24(29)28-16-13-21(14-17-28)27-23(25)26-15-12-19-8-10-22(11-9-19)31-18-20-6-4-3-5-7-20;/h3-11,21H,2,12-18H2,1H3,(H3,25,26,27);1H. The van der Waals surface area contributed by atoms with Crippen LogP contribution in [0.1, 0.15) is 30.9 Å². The van der Waals surface area contributed by atoms with E-state index in [1.165, 1.54) is 5.56 Å².